The zero-order valence-corrected chi connectivity index (χ0v) is 19.0. The fraction of sp³-hybridized carbons (Fsp3) is 0.375. The van der Waals surface area contributed by atoms with Crippen LogP contribution in [-0.2, 0) is 30.5 Å². The van der Waals surface area contributed by atoms with Gasteiger partial charge >= 0.3 is 5.97 Å². The van der Waals surface area contributed by atoms with E-state index in [0.29, 0.717) is 12.3 Å². The third-order valence-corrected chi connectivity index (χ3v) is 7.29. The SMILES string of the molecule is CCOC(=O)C1CSC2(C(=O)N(Cc3ccc(C)cc3)c3ccc(C)cc32)N1C(C)=O. The van der Waals surface area contributed by atoms with E-state index in [1.54, 1.807) is 11.8 Å². The van der Waals surface area contributed by atoms with Crippen LogP contribution in [0.2, 0.25) is 0 Å². The Morgan fingerprint density at radius 3 is 2.45 bits per heavy atom. The monoisotopic (exact) mass is 438 g/mol. The molecular formula is C24H26N2O4S. The van der Waals surface area contributed by atoms with Crippen molar-refractivity contribution in [2.45, 2.75) is 45.2 Å². The fourth-order valence-electron chi connectivity index (χ4n) is 4.39. The second kappa shape index (κ2) is 8.04. The summed E-state index contributed by atoms with van der Waals surface area (Å²) in [5.74, 6) is -0.668. The largest absolute Gasteiger partial charge is 0.464 e. The van der Waals surface area contributed by atoms with Gasteiger partial charge in [-0.2, -0.15) is 0 Å². The zero-order valence-electron chi connectivity index (χ0n) is 18.2. The van der Waals surface area contributed by atoms with E-state index in [-0.39, 0.29) is 18.4 Å². The Balaban J connectivity index is 1.81. The molecule has 2 heterocycles. The summed E-state index contributed by atoms with van der Waals surface area (Å²) in [6.07, 6.45) is 0. The Morgan fingerprint density at radius 2 is 1.81 bits per heavy atom. The van der Waals surface area contributed by atoms with Crippen molar-refractivity contribution in [2.24, 2.45) is 0 Å². The van der Waals surface area contributed by atoms with E-state index in [4.69, 9.17) is 4.74 Å². The molecule has 0 aliphatic carbocycles. The number of carbonyl (C=O) groups is 3. The van der Waals surface area contributed by atoms with Crippen LogP contribution in [0.15, 0.2) is 42.5 Å². The Bertz CT molecular complexity index is 1050. The first kappa shape index (κ1) is 21.4. The number of esters is 1. The molecule has 2 aromatic carbocycles. The molecule has 2 unspecified atom stereocenters. The van der Waals surface area contributed by atoms with Crippen LogP contribution in [-0.4, -0.2) is 41.1 Å². The van der Waals surface area contributed by atoms with Crippen molar-refractivity contribution < 1.29 is 19.1 Å². The van der Waals surface area contributed by atoms with Gasteiger partial charge in [-0.15, -0.1) is 11.8 Å². The zero-order chi connectivity index (χ0) is 22.3. The van der Waals surface area contributed by atoms with E-state index in [1.807, 2.05) is 56.3 Å². The highest BCUT2D eigenvalue weighted by molar-refractivity contribution is 8.01. The van der Waals surface area contributed by atoms with Gasteiger partial charge in [0.1, 0.15) is 6.04 Å². The van der Waals surface area contributed by atoms with E-state index in [2.05, 4.69) is 0 Å². The molecule has 31 heavy (non-hydrogen) atoms. The molecule has 4 rings (SSSR count). The summed E-state index contributed by atoms with van der Waals surface area (Å²) in [4.78, 5) is 41.3. The maximum Gasteiger partial charge on any atom is 0.329 e. The van der Waals surface area contributed by atoms with Crippen molar-refractivity contribution in [3.05, 3.63) is 64.7 Å². The number of hydrogen-bond acceptors (Lipinski definition) is 5. The number of aryl methyl sites for hydroxylation is 2. The van der Waals surface area contributed by atoms with Gasteiger partial charge in [-0.05, 0) is 32.4 Å². The lowest BCUT2D eigenvalue weighted by Crippen LogP contribution is -2.54. The van der Waals surface area contributed by atoms with Crippen molar-refractivity contribution in [2.75, 3.05) is 17.3 Å². The Hall–Kier alpha value is -2.80. The summed E-state index contributed by atoms with van der Waals surface area (Å²) in [7, 11) is 0. The number of hydrogen-bond donors (Lipinski definition) is 0. The Kier molecular flexibility index (Phi) is 5.56. The van der Waals surface area contributed by atoms with Crippen molar-refractivity contribution in [3.8, 4) is 0 Å². The summed E-state index contributed by atoms with van der Waals surface area (Å²) >= 11 is 1.34. The van der Waals surface area contributed by atoms with E-state index in [1.165, 1.54) is 23.6 Å². The van der Waals surface area contributed by atoms with Gasteiger partial charge in [0.05, 0.1) is 18.8 Å². The summed E-state index contributed by atoms with van der Waals surface area (Å²) in [5.41, 5.74) is 4.68. The van der Waals surface area contributed by atoms with Gasteiger partial charge in [-0.25, -0.2) is 4.79 Å². The quantitative estimate of drug-likeness (QED) is 0.684. The minimum Gasteiger partial charge on any atom is -0.464 e. The van der Waals surface area contributed by atoms with Crippen LogP contribution in [0.1, 0.15) is 36.1 Å². The Labute approximate surface area is 186 Å². The molecule has 2 aliphatic rings. The molecule has 1 spiro atoms. The van der Waals surface area contributed by atoms with E-state index in [9.17, 15) is 14.4 Å². The average Bonchev–Trinajstić information content (AvgIpc) is 3.24. The molecule has 0 radical (unpaired) electrons. The number of ether oxygens (including phenoxy) is 1. The molecule has 6 nitrogen and oxygen atoms in total. The lowest BCUT2D eigenvalue weighted by Gasteiger charge is -2.35. The molecular weight excluding hydrogens is 412 g/mol. The minimum atomic E-state index is -1.25. The van der Waals surface area contributed by atoms with Crippen molar-refractivity contribution >= 4 is 35.2 Å². The predicted molar refractivity (Wildman–Crippen MR) is 121 cm³/mol. The first-order valence-electron chi connectivity index (χ1n) is 10.4. The molecule has 1 fully saturated rings. The molecule has 2 aromatic rings. The lowest BCUT2D eigenvalue weighted by molar-refractivity contribution is -0.156. The van der Waals surface area contributed by atoms with Gasteiger partial charge in [-0.3, -0.25) is 9.59 Å². The van der Waals surface area contributed by atoms with Crippen LogP contribution in [0.4, 0.5) is 5.69 Å². The maximum absolute atomic E-state index is 14.0. The molecule has 0 saturated carbocycles. The van der Waals surface area contributed by atoms with Gasteiger partial charge in [0.15, 0.2) is 4.87 Å². The highest BCUT2D eigenvalue weighted by Gasteiger charge is 2.63. The summed E-state index contributed by atoms with van der Waals surface area (Å²) < 4.78 is 5.22. The van der Waals surface area contributed by atoms with Crippen LogP contribution >= 0.6 is 11.8 Å². The van der Waals surface area contributed by atoms with Crippen LogP contribution in [0.25, 0.3) is 0 Å². The second-order valence-electron chi connectivity index (χ2n) is 8.01. The highest BCUT2D eigenvalue weighted by Crippen LogP contribution is 2.56. The summed E-state index contributed by atoms with van der Waals surface area (Å²) in [6, 6.07) is 13.1. The van der Waals surface area contributed by atoms with Crippen LogP contribution < -0.4 is 4.90 Å². The van der Waals surface area contributed by atoms with Gasteiger partial charge in [0.25, 0.3) is 5.91 Å². The molecule has 0 N–H and O–H groups in total. The summed E-state index contributed by atoms with van der Waals surface area (Å²) in [6.45, 7) is 7.74. The molecule has 162 valence electrons. The number of anilines is 1. The van der Waals surface area contributed by atoms with Crippen molar-refractivity contribution in [3.63, 3.8) is 0 Å². The lowest BCUT2D eigenvalue weighted by atomic mass is 10.0. The van der Waals surface area contributed by atoms with Gasteiger partial charge in [-0.1, -0.05) is 47.5 Å². The smallest absolute Gasteiger partial charge is 0.329 e. The highest BCUT2D eigenvalue weighted by atomic mass is 32.2. The van der Waals surface area contributed by atoms with Crippen molar-refractivity contribution in [1.82, 2.24) is 4.90 Å². The van der Waals surface area contributed by atoms with Crippen LogP contribution in [0, 0.1) is 13.8 Å². The van der Waals surface area contributed by atoms with Gasteiger partial charge in [0.2, 0.25) is 5.91 Å². The molecule has 0 bridgehead atoms. The first-order chi connectivity index (χ1) is 14.8. The Morgan fingerprint density at radius 1 is 1.13 bits per heavy atom. The van der Waals surface area contributed by atoms with Crippen LogP contribution in [0.5, 0.6) is 0 Å². The normalized spacial score (nSPS) is 22.2. The van der Waals surface area contributed by atoms with Crippen molar-refractivity contribution in [1.29, 1.82) is 0 Å². The molecule has 2 atom stereocenters. The standard InChI is InChI=1S/C24H26N2O4S/c1-5-30-22(28)21-14-31-24(26(21)17(4)27)19-12-16(3)8-11-20(19)25(23(24)29)13-18-9-6-15(2)7-10-18/h6-12,21H,5,13-14H2,1-4H3. The molecule has 2 aliphatic heterocycles. The molecule has 0 aromatic heterocycles. The number of nitrogens with zero attached hydrogens (tertiary/aromatic N) is 2. The predicted octanol–water partition coefficient (Wildman–Crippen LogP) is 3.53. The third kappa shape index (κ3) is 3.41. The van der Waals surface area contributed by atoms with Gasteiger partial charge < -0.3 is 14.5 Å². The number of carbonyl (C=O) groups excluding carboxylic acids is 3. The molecule has 1 saturated heterocycles. The molecule has 7 heteroatoms. The topological polar surface area (TPSA) is 66.9 Å². The number of fused-ring (bicyclic) bond motifs is 2. The minimum absolute atomic E-state index is 0.194. The van der Waals surface area contributed by atoms with E-state index in [0.717, 1.165) is 27.9 Å². The first-order valence-corrected chi connectivity index (χ1v) is 11.4. The van der Waals surface area contributed by atoms with Crippen LogP contribution in [0.3, 0.4) is 0 Å². The molecule has 2 amide bonds. The number of amides is 2. The van der Waals surface area contributed by atoms with E-state index < -0.39 is 16.9 Å². The maximum atomic E-state index is 14.0. The fourth-order valence-corrected chi connectivity index (χ4v) is 6.02. The van der Waals surface area contributed by atoms with E-state index >= 15 is 0 Å². The average molecular weight is 439 g/mol. The number of rotatable bonds is 4. The summed E-state index contributed by atoms with van der Waals surface area (Å²) in [5, 5.41) is 0. The second-order valence-corrected chi connectivity index (χ2v) is 9.22. The third-order valence-electron chi connectivity index (χ3n) is 5.80. The number of thioether (sulfide) groups is 1. The van der Waals surface area contributed by atoms with Gasteiger partial charge in [0, 0.05) is 18.2 Å². The number of benzene rings is 2.